The highest BCUT2D eigenvalue weighted by Crippen LogP contribution is 2.55. The summed E-state index contributed by atoms with van der Waals surface area (Å²) in [7, 11) is 0. The van der Waals surface area contributed by atoms with Crippen LogP contribution in [0.15, 0.2) is 200 Å². The molecule has 0 N–H and O–H groups in total. The van der Waals surface area contributed by atoms with Crippen LogP contribution < -0.4 is 4.90 Å². The van der Waals surface area contributed by atoms with Crippen molar-refractivity contribution in [3.63, 3.8) is 0 Å². The predicted octanol–water partition coefficient (Wildman–Crippen LogP) is 15.3. The number of hydrogen-bond acceptors (Lipinski definition) is 1. The van der Waals surface area contributed by atoms with Gasteiger partial charge in [0.15, 0.2) is 0 Å². The average molecular weight is 714 g/mol. The zero-order valence-electron chi connectivity index (χ0n) is 31.5. The van der Waals surface area contributed by atoms with E-state index in [-0.39, 0.29) is 5.41 Å². The first-order chi connectivity index (χ1) is 27.6. The smallest absolute Gasteiger partial charge is 0.0543 e. The number of hydrogen-bond donors (Lipinski definition) is 0. The molecule has 2 aliphatic carbocycles. The molecule has 9 aromatic carbocycles. The van der Waals surface area contributed by atoms with E-state index < -0.39 is 0 Å². The maximum absolute atomic E-state index is 2.49. The van der Waals surface area contributed by atoms with Gasteiger partial charge in [-0.3, -0.25) is 0 Å². The molecule has 1 nitrogen and oxygen atoms in total. The molecule has 9 aromatic rings. The van der Waals surface area contributed by atoms with Crippen molar-refractivity contribution < 1.29 is 0 Å². The van der Waals surface area contributed by atoms with Gasteiger partial charge in [-0.25, -0.2) is 0 Å². The summed E-state index contributed by atoms with van der Waals surface area (Å²) in [6.07, 6.45) is 0. The summed E-state index contributed by atoms with van der Waals surface area (Å²) >= 11 is 0. The van der Waals surface area contributed by atoms with E-state index in [0.717, 1.165) is 11.4 Å². The largest absolute Gasteiger partial charge is 0.310 e. The van der Waals surface area contributed by atoms with Crippen LogP contribution in [0.5, 0.6) is 0 Å². The molecule has 0 aliphatic heterocycles. The fourth-order valence-corrected chi connectivity index (χ4v) is 9.60. The highest BCUT2D eigenvalue weighted by molar-refractivity contribution is 6.05. The molecule has 264 valence electrons. The van der Waals surface area contributed by atoms with Crippen LogP contribution in [0.2, 0.25) is 0 Å². The Labute approximate surface area is 328 Å². The van der Waals surface area contributed by atoms with Crippen LogP contribution in [0.25, 0.3) is 77.5 Å². The van der Waals surface area contributed by atoms with Gasteiger partial charge >= 0.3 is 0 Å². The molecule has 1 heteroatoms. The lowest BCUT2D eigenvalue weighted by molar-refractivity contribution is 0.660. The molecule has 0 atom stereocenters. The van der Waals surface area contributed by atoms with Crippen LogP contribution in [-0.4, -0.2) is 0 Å². The average Bonchev–Trinajstić information content (AvgIpc) is 3.49. The lowest BCUT2D eigenvalue weighted by atomic mass is 9.80. The molecule has 0 unspecified atom stereocenters. The molecule has 0 saturated carbocycles. The van der Waals surface area contributed by atoms with Crippen LogP contribution in [0.4, 0.5) is 17.1 Å². The highest BCUT2D eigenvalue weighted by Gasteiger charge is 2.38. The molecule has 0 fully saturated rings. The molecule has 2 aliphatic rings. The van der Waals surface area contributed by atoms with Gasteiger partial charge in [-0.1, -0.05) is 184 Å². The Morgan fingerprint density at radius 3 is 1.46 bits per heavy atom. The third-order valence-electron chi connectivity index (χ3n) is 12.3. The van der Waals surface area contributed by atoms with E-state index >= 15 is 0 Å². The molecule has 0 heterocycles. The molecular formula is C55H39N. The third-order valence-corrected chi connectivity index (χ3v) is 12.3. The Kier molecular flexibility index (Phi) is 7.28. The van der Waals surface area contributed by atoms with E-state index in [1.54, 1.807) is 0 Å². The van der Waals surface area contributed by atoms with Crippen molar-refractivity contribution in [2.45, 2.75) is 19.3 Å². The van der Waals surface area contributed by atoms with Crippen LogP contribution in [0, 0.1) is 0 Å². The van der Waals surface area contributed by atoms with Gasteiger partial charge in [0.25, 0.3) is 0 Å². The summed E-state index contributed by atoms with van der Waals surface area (Å²) in [4.78, 5) is 2.49. The van der Waals surface area contributed by atoms with Crippen LogP contribution in [-0.2, 0) is 5.41 Å². The van der Waals surface area contributed by atoms with Gasteiger partial charge in [-0.2, -0.15) is 0 Å². The molecule has 56 heavy (non-hydrogen) atoms. The Morgan fingerprint density at radius 2 is 0.804 bits per heavy atom. The SMILES string of the molecule is CC1(C)c2ccccc2-c2c(N(c3ccc(-c4cccc5ccccc45)cc3)c3ccc4c(c3)-c3ccccc3-c3ccccc3-c3ccccc3-4)cccc21. The Balaban J connectivity index is 1.16. The molecule has 0 saturated heterocycles. The first-order valence-electron chi connectivity index (χ1n) is 19.6. The van der Waals surface area contributed by atoms with Gasteiger partial charge in [-0.15, -0.1) is 0 Å². The zero-order chi connectivity index (χ0) is 37.4. The second-order valence-corrected chi connectivity index (χ2v) is 15.6. The van der Waals surface area contributed by atoms with E-state index in [1.165, 1.54) is 94.3 Å². The maximum Gasteiger partial charge on any atom is 0.0543 e. The van der Waals surface area contributed by atoms with Crippen molar-refractivity contribution in [3.05, 3.63) is 211 Å². The monoisotopic (exact) mass is 713 g/mol. The van der Waals surface area contributed by atoms with Crippen LogP contribution >= 0.6 is 0 Å². The number of rotatable bonds is 4. The minimum atomic E-state index is -0.117. The second kappa shape index (κ2) is 12.5. The third kappa shape index (κ3) is 4.87. The van der Waals surface area contributed by atoms with Crippen molar-refractivity contribution in [2.75, 3.05) is 4.90 Å². The van der Waals surface area contributed by atoms with Gasteiger partial charge in [0.1, 0.15) is 0 Å². The van der Waals surface area contributed by atoms with Crippen molar-refractivity contribution in [1.82, 2.24) is 0 Å². The van der Waals surface area contributed by atoms with Crippen LogP contribution in [0.1, 0.15) is 25.0 Å². The van der Waals surface area contributed by atoms with Gasteiger partial charge in [0.05, 0.1) is 5.69 Å². The summed E-state index contributed by atoms with van der Waals surface area (Å²) in [6, 6.07) is 74.1. The predicted molar refractivity (Wildman–Crippen MR) is 237 cm³/mol. The topological polar surface area (TPSA) is 3.24 Å². The number of anilines is 3. The molecule has 0 amide bonds. The summed E-state index contributed by atoms with van der Waals surface area (Å²) in [5.41, 5.74) is 21.1. The minimum Gasteiger partial charge on any atom is -0.310 e. The van der Waals surface area contributed by atoms with E-state index in [2.05, 4.69) is 219 Å². The van der Waals surface area contributed by atoms with Crippen LogP contribution in [0.3, 0.4) is 0 Å². The Bertz CT molecular complexity index is 2990. The first kappa shape index (κ1) is 32.5. The lowest BCUT2D eigenvalue weighted by Gasteiger charge is -2.30. The Morgan fingerprint density at radius 1 is 0.339 bits per heavy atom. The van der Waals surface area contributed by atoms with E-state index in [0.29, 0.717) is 0 Å². The van der Waals surface area contributed by atoms with Crippen molar-refractivity contribution in [3.8, 4) is 66.8 Å². The van der Waals surface area contributed by atoms with Crippen molar-refractivity contribution in [1.29, 1.82) is 0 Å². The molecular weight excluding hydrogens is 675 g/mol. The van der Waals surface area contributed by atoms with E-state index in [1.807, 2.05) is 0 Å². The summed E-state index contributed by atoms with van der Waals surface area (Å²) in [6.45, 7) is 4.73. The minimum absolute atomic E-state index is 0.117. The molecule has 0 spiro atoms. The van der Waals surface area contributed by atoms with Gasteiger partial charge < -0.3 is 4.90 Å². The van der Waals surface area contributed by atoms with Gasteiger partial charge in [-0.05, 0) is 113 Å². The quantitative estimate of drug-likeness (QED) is 0.175. The summed E-state index contributed by atoms with van der Waals surface area (Å²) in [5.74, 6) is 0. The summed E-state index contributed by atoms with van der Waals surface area (Å²) < 4.78 is 0. The molecule has 0 bridgehead atoms. The van der Waals surface area contributed by atoms with Crippen molar-refractivity contribution in [2.24, 2.45) is 0 Å². The van der Waals surface area contributed by atoms with Gasteiger partial charge in [0.2, 0.25) is 0 Å². The number of nitrogens with zero attached hydrogens (tertiary/aromatic N) is 1. The Hall–Kier alpha value is -6.96. The standard InChI is InChI=1S/C55H39N/c1-55(2)51-26-12-11-24-49(51)54-52(55)27-14-28-53(54)56(38-31-29-37(30-32-38)41-25-13-16-36-15-3-4-17-40(36)41)39-33-34-48-46-22-8-7-20-44(46)42-18-5-6-19-43(42)45-21-9-10-23-47(45)50(48)35-39/h3-35H,1-2H3. The second-order valence-electron chi connectivity index (χ2n) is 15.6. The normalized spacial score (nSPS) is 13.0. The fraction of sp³-hybridized carbons (Fsp3) is 0.0545. The summed E-state index contributed by atoms with van der Waals surface area (Å²) in [5, 5.41) is 2.52. The zero-order valence-corrected chi connectivity index (χ0v) is 31.5. The maximum atomic E-state index is 2.49. The molecule has 11 rings (SSSR count). The van der Waals surface area contributed by atoms with E-state index in [9.17, 15) is 0 Å². The highest BCUT2D eigenvalue weighted by atomic mass is 15.1. The lowest BCUT2D eigenvalue weighted by Crippen LogP contribution is -2.16. The van der Waals surface area contributed by atoms with Gasteiger partial charge in [0, 0.05) is 22.4 Å². The van der Waals surface area contributed by atoms with Crippen molar-refractivity contribution >= 4 is 27.8 Å². The first-order valence-corrected chi connectivity index (χ1v) is 19.6. The number of benzene rings is 9. The van der Waals surface area contributed by atoms with E-state index in [4.69, 9.17) is 0 Å². The molecule has 0 aromatic heterocycles. The number of fused-ring (bicyclic) bond motifs is 12. The molecule has 0 radical (unpaired) electrons. The fourth-order valence-electron chi connectivity index (χ4n) is 9.60.